The van der Waals surface area contributed by atoms with Crippen LogP contribution < -0.4 is 5.32 Å². The number of piperazine rings is 1. The lowest BCUT2D eigenvalue weighted by Crippen LogP contribution is -2.47. The van der Waals surface area contributed by atoms with E-state index in [0.717, 1.165) is 61.0 Å². The fourth-order valence-corrected chi connectivity index (χ4v) is 6.33. The maximum absolute atomic E-state index is 13.7. The Morgan fingerprint density at radius 3 is 2.53 bits per heavy atom. The van der Waals surface area contributed by atoms with Gasteiger partial charge in [0.25, 0.3) is 11.8 Å². The minimum absolute atomic E-state index is 0.0642. The highest BCUT2D eigenvalue weighted by Crippen LogP contribution is 2.44. The van der Waals surface area contributed by atoms with Crippen molar-refractivity contribution in [2.45, 2.75) is 40.0 Å². The van der Waals surface area contributed by atoms with Crippen LogP contribution in [0, 0.1) is 11.3 Å². The molecule has 2 aromatic rings. The average Bonchev–Trinajstić information content (AvgIpc) is 3.10. The first-order valence-electron chi connectivity index (χ1n) is 11.3. The molecule has 1 aromatic carbocycles. The summed E-state index contributed by atoms with van der Waals surface area (Å²) in [6.45, 7) is 10.1. The number of hydrogen-bond donors (Lipinski definition) is 1. The second-order valence-electron chi connectivity index (χ2n) is 10.1. The Labute approximate surface area is 203 Å². The molecular weight excluding hydrogens is 486 g/mol. The van der Waals surface area contributed by atoms with Crippen LogP contribution in [-0.2, 0) is 12.8 Å². The number of anilines is 1. The van der Waals surface area contributed by atoms with Crippen LogP contribution in [0.5, 0.6) is 0 Å². The molecular formula is C25H32BrN3O2S. The molecule has 7 heteroatoms. The summed E-state index contributed by atoms with van der Waals surface area (Å²) < 4.78 is 0.859. The van der Waals surface area contributed by atoms with Gasteiger partial charge in [-0.2, -0.15) is 0 Å². The van der Waals surface area contributed by atoms with E-state index in [2.05, 4.69) is 54.0 Å². The largest absolute Gasteiger partial charge is 0.336 e. The smallest absolute Gasteiger partial charge is 0.257 e. The molecule has 172 valence electrons. The molecule has 0 bridgehead atoms. The van der Waals surface area contributed by atoms with Crippen molar-refractivity contribution in [2.24, 2.45) is 11.3 Å². The third kappa shape index (κ3) is 4.95. The van der Waals surface area contributed by atoms with Crippen molar-refractivity contribution >= 4 is 44.1 Å². The molecule has 0 saturated carbocycles. The van der Waals surface area contributed by atoms with E-state index in [1.165, 1.54) is 4.88 Å². The first-order valence-corrected chi connectivity index (χ1v) is 12.9. The lowest BCUT2D eigenvalue weighted by atomic mass is 9.72. The molecule has 2 amide bonds. The second kappa shape index (κ2) is 9.27. The number of benzene rings is 1. The molecule has 1 aromatic heterocycles. The molecule has 1 aliphatic carbocycles. The van der Waals surface area contributed by atoms with Crippen molar-refractivity contribution in [3.05, 3.63) is 50.3 Å². The van der Waals surface area contributed by atoms with E-state index in [-0.39, 0.29) is 17.2 Å². The zero-order valence-electron chi connectivity index (χ0n) is 19.3. The first-order chi connectivity index (χ1) is 15.1. The first kappa shape index (κ1) is 23.5. The predicted octanol–water partition coefficient (Wildman–Crippen LogP) is 5.30. The molecule has 1 saturated heterocycles. The number of hydrogen-bond acceptors (Lipinski definition) is 4. The highest BCUT2D eigenvalue weighted by Gasteiger charge is 2.35. The summed E-state index contributed by atoms with van der Waals surface area (Å²) in [7, 11) is 2.09. The molecule has 0 spiro atoms. The van der Waals surface area contributed by atoms with Gasteiger partial charge in [-0.3, -0.25) is 9.59 Å². The van der Waals surface area contributed by atoms with Crippen LogP contribution >= 0.6 is 27.3 Å². The highest BCUT2D eigenvalue weighted by molar-refractivity contribution is 9.10. The summed E-state index contributed by atoms with van der Waals surface area (Å²) in [6, 6.07) is 7.35. The summed E-state index contributed by atoms with van der Waals surface area (Å²) in [6.07, 6.45) is 2.95. The molecule has 1 aliphatic heterocycles. The van der Waals surface area contributed by atoms with E-state index in [1.807, 2.05) is 17.0 Å². The van der Waals surface area contributed by atoms with E-state index >= 15 is 0 Å². The summed E-state index contributed by atoms with van der Waals surface area (Å²) >= 11 is 5.04. The molecule has 2 heterocycles. The van der Waals surface area contributed by atoms with Crippen LogP contribution in [-0.4, -0.2) is 54.8 Å². The number of rotatable bonds is 3. The molecule has 5 nitrogen and oxygen atoms in total. The summed E-state index contributed by atoms with van der Waals surface area (Å²) in [5.41, 5.74) is 2.69. The van der Waals surface area contributed by atoms with Gasteiger partial charge in [0.1, 0.15) is 5.00 Å². The van der Waals surface area contributed by atoms with Gasteiger partial charge in [-0.05, 0) is 61.4 Å². The van der Waals surface area contributed by atoms with E-state index in [0.29, 0.717) is 16.5 Å². The number of nitrogens with zero attached hydrogens (tertiary/aromatic N) is 2. The van der Waals surface area contributed by atoms with Crippen molar-refractivity contribution in [1.29, 1.82) is 0 Å². The van der Waals surface area contributed by atoms with Gasteiger partial charge >= 0.3 is 0 Å². The van der Waals surface area contributed by atoms with Crippen LogP contribution in [0.1, 0.15) is 58.3 Å². The van der Waals surface area contributed by atoms with Crippen molar-refractivity contribution in [2.75, 3.05) is 38.5 Å². The monoisotopic (exact) mass is 517 g/mol. The lowest BCUT2D eigenvalue weighted by molar-refractivity contribution is 0.0664. The Kier molecular flexibility index (Phi) is 6.80. The Balaban J connectivity index is 1.67. The third-order valence-corrected chi connectivity index (χ3v) is 8.47. The van der Waals surface area contributed by atoms with E-state index < -0.39 is 0 Å². The van der Waals surface area contributed by atoms with Crippen LogP contribution in [0.3, 0.4) is 0 Å². The van der Waals surface area contributed by atoms with Crippen molar-refractivity contribution in [1.82, 2.24) is 9.80 Å². The van der Waals surface area contributed by atoms with E-state index in [1.54, 1.807) is 23.5 Å². The average molecular weight is 519 g/mol. The van der Waals surface area contributed by atoms with Crippen molar-refractivity contribution in [3.63, 3.8) is 0 Å². The third-order valence-electron chi connectivity index (χ3n) is 6.81. The number of nitrogens with one attached hydrogen (secondary N) is 1. The van der Waals surface area contributed by atoms with Crippen LogP contribution in [0.25, 0.3) is 0 Å². The number of halogens is 1. The van der Waals surface area contributed by atoms with E-state index in [4.69, 9.17) is 0 Å². The molecule has 1 fully saturated rings. The van der Waals surface area contributed by atoms with Gasteiger partial charge in [0.2, 0.25) is 0 Å². The number of likely N-dealkylation sites (N-methyl/N-ethyl adjacent to an activating group) is 1. The topological polar surface area (TPSA) is 52.6 Å². The number of carbonyl (C=O) groups excluding carboxylic acids is 2. The molecule has 2 aliphatic rings. The number of carbonyl (C=O) groups is 2. The number of amides is 2. The fraction of sp³-hybridized carbons (Fsp3) is 0.520. The van der Waals surface area contributed by atoms with Gasteiger partial charge in [-0.15, -0.1) is 11.3 Å². The molecule has 1 N–H and O–H groups in total. The normalized spacial score (nSPS) is 19.5. The van der Waals surface area contributed by atoms with Gasteiger partial charge in [-0.25, -0.2) is 0 Å². The standard InChI is InChI=1S/C25H32BrN3O2S/c1-25(2,3)17-8-9-19-20(15-17)32-23(27-22(30)16-6-5-7-18(26)14-16)21(19)24(31)29-12-10-28(4)11-13-29/h5-7,14,17H,8-13,15H2,1-4H3,(H,27,30). The van der Waals surface area contributed by atoms with Crippen molar-refractivity contribution < 1.29 is 9.59 Å². The Bertz CT molecular complexity index is 1020. The van der Waals surface area contributed by atoms with Crippen LogP contribution in [0.15, 0.2) is 28.7 Å². The zero-order valence-corrected chi connectivity index (χ0v) is 21.7. The fourth-order valence-electron chi connectivity index (χ4n) is 4.61. The predicted molar refractivity (Wildman–Crippen MR) is 135 cm³/mol. The molecule has 0 radical (unpaired) electrons. The van der Waals surface area contributed by atoms with Gasteiger partial charge in [-0.1, -0.05) is 42.8 Å². The second-order valence-corrected chi connectivity index (χ2v) is 12.1. The molecule has 32 heavy (non-hydrogen) atoms. The molecule has 1 unspecified atom stereocenters. The quantitative estimate of drug-likeness (QED) is 0.600. The van der Waals surface area contributed by atoms with Gasteiger partial charge < -0.3 is 15.1 Å². The highest BCUT2D eigenvalue weighted by atomic mass is 79.9. The zero-order chi connectivity index (χ0) is 23.0. The molecule has 1 atom stereocenters. The Morgan fingerprint density at radius 2 is 1.88 bits per heavy atom. The summed E-state index contributed by atoms with van der Waals surface area (Å²) in [5.74, 6) is 0.466. The minimum Gasteiger partial charge on any atom is -0.336 e. The maximum Gasteiger partial charge on any atom is 0.257 e. The summed E-state index contributed by atoms with van der Waals surface area (Å²) in [5, 5.41) is 3.80. The Morgan fingerprint density at radius 1 is 1.16 bits per heavy atom. The van der Waals surface area contributed by atoms with E-state index in [9.17, 15) is 9.59 Å². The SMILES string of the molecule is CN1CCN(C(=O)c2c(NC(=O)c3cccc(Br)c3)sc3c2CCC(C(C)(C)C)C3)CC1. The number of thiophene rings is 1. The van der Waals surface area contributed by atoms with Gasteiger partial charge in [0.15, 0.2) is 0 Å². The maximum atomic E-state index is 13.7. The van der Waals surface area contributed by atoms with Gasteiger partial charge in [0.05, 0.1) is 5.56 Å². The number of fused-ring (bicyclic) bond motifs is 1. The van der Waals surface area contributed by atoms with Crippen LogP contribution in [0.4, 0.5) is 5.00 Å². The summed E-state index contributed by atoms with van der Waals surface area (Å²) in [4.78, 5) is 32.2. The van der Waals surface area contributed by atoms with Crippen molar-refractivity contribution in [3.8, 4) is 0 Å². The lowest BCUT2D eigenvalue weighted by Gasteiger charge is -2.35. The molecule has 4 rings (SSSR count). The van der Waals surface area contributed by atoms with Crippen LogP contribution in [0.2, 0.25) is 0 Å². The Hall–Kier alpha value is -1.70. The minimum atomic E-state index is -0.176. The van der Waals surface area contributed by atoms with Gasteiger partial charge in [0, 0.05) is 41.1 Å².